The van der Waals surface area contributed by atoms with Crippen molar-refractivity contribution in [1.29, 1.82) is 0 Å². The third-order valence-corrected chi connectivity index (χ3v) is 5.07. The largest absolute Gasteiger partial charge is 0.495 e. The average molecular weight is 421 g/mol. The molecule has 0 aliphatic carbocycles. The Bertz CT molecular complexity index is 1020. The van der Waals surface area contributed by atoms with Crippen molar-refractivity contribution >= 4 is 17.6 Å². The first-order valence-electron chi connectivity index (χ1n) is 10.1. The van der Waals surface area contributed by atoms with Gasteiger partial charge in [-0.25, -0.2) is 4.79 Å². The van der Waals surface area contributed by atoms with Gasteiger partial charge in [-0.3, -0.25) is 9.69 Å². The molecule has 31 heavy (non-hydrogen) atoms. The first kappa shape index (κ1) is 22.0. The maximum absolute atomic E-state index is 13.4. The highest BCUT2D eigenvalue weighted by atomic mass is 16.5. The lowest BCUT2D eigenvalue weighted by molar-refractivity contribution is -0.113. The molecule has 2 aromatic carbocycles. The maximum atomic E-state index is 13.4. The number of nitrogens with zero attached hydrogens (tertiary/aromatic N) is 1. The number of nitrogens with one attached hydrogen (secondary N) is 2. The quantitative estimate of drug-likeness (QED) is 0.624. The highest BCUT2D eigenvalue weighted by Crippen LogP contribution is 2.33. The molecule has 0 bridgehead atoms. The van der Waals surface area contributed by atoms with Gasteiger partial charge in [0.1, 0.15) is 18.1 Å². The van der Waals surface area contributed by atoms with Crippen LogP contribution in [-0.4, -0.2) is 37.1 Å². The van der Waals surface area contributed by atoms with E-state index in [1.165, 1.54) is 0 Å². The lowest BCUT2D eigenvalue weighted by Crippen LogP contribution is -2.48. The van der Waals surface area contributed by atoms with Gasteiger partial charge in [0, 0.05) is 12.2 Å². The van der Waals surface area contributed by atoms with Crippen LogP contribution < -0.4 is 20.1 Å². The molecule has 2 aromatic rings. The van der Waals surface area contributed by atoms with E-state index in [9.17, 15) is 9.59 Å². The van der Waals surface area contributed by atoms with Gasteiger partial charge in [0.2, 0.25) is 0 Å². The summed E-state index contributed by atoms with van der Waals surface area (Å²) in [6, 6.07) is 13.6. The molecular weight excluding hydrogens is 394 g/mol. The number of carbonyl (C=O) groups is 2. The zero-order chi connectivity index (χ0) is 22.4. The number of urea groups is 1. The van der Waals surface area contributed by atoms with Crippen molar-refractivity contribution in [3.8, 4) is 11.5 Å². The fraction of sp³-hybridized carbons (Fsp3) is 0.250. The molecule has 7 heteroatoms. The Morgan fingerprint density at radius 1 is 1.26 bits per heavy atom. The minimum absolute atomic E-state index is 0.253. The number of hydrogen-bond acceptors (Lipinski definition) is 4. The number of amides is 3. The van der Waals surface area contributed by atoms with Crippen LogP contribution in [0.1, 0.15) is 25.5 Å². The van der Waals surface area contributed by atoms with Crippen molar-refractivity contribution in [2.75, 3.05) is 25.6 Å². The van der Waals surface area contributed by atoms with E-state index < -0.39 is 6.04 Å². The lowest BCUT2D eigenvalue weighted by Gasteiger charge is -2.35. The van der Waals surface area contributed by atoms with Crippen molar-refractivity contribution in [2.45, 2.75) is 19.9 Å². The van der Waals surface area contributed by atoms with Crippen LogP contribution in [0.4, 0.5) is 10.5 Å². The van der Waals surface area contributed by atoms with E-state index in [-0.39, 0.29) is 11.9 Å². The molecule has 162 valence electrons. The fourth-order valence-electron chi connectivity index (χ4n) is 3.58. The SMILES string of the molecule is C=CCOc1cccc([C@@H]2NC(=O)N(CC)C(C)=C2C(=O)Nc2ccccc2OC)c1. The van der Waals surface area contributed by atoms with Crippen molar-refractivity contribution in [3.63, 3.8) is 0 Å². The summed E-state index contributed by atoms with van der Waals surface area (Å²) in [5.74, 6) is 0.868. The van der Waals surface area contributed by atoms with Gasteiger partial charge in [-0.05, 0) is 43.7 Å². The first-order valence-corrected chi connectivity index (χ1v) is 10.1. The summed E-state index contributed by atoms with van der Waals surface area (Å²) in [5, 5.41) is 5.88. The summed E-state index contributed by atoms with van der Waals surface area (Å²) in [7, 11) is 1.55. The number of para-hydroxylation sites is 2. The molecule has 3 amide bonds. The normalized spacial score (nSPS) is 15.9. The predicted octanol–water partition coefficient (Wildman–Crippen LogP) is 4.26. The standard InChI is InChI=1S/C24H27N3O4/c1-5-14-31-18-11-9-10-17(15-18)22-21(16(3)27(6-2)24(29)26-22)23(28)25-19-12-7-8-13-20(19)30-4/h5,7-13,15,22H,1,6,14H2,2-4H3,(H,25,28)(H,26,29)/t22-/m0/s1. The number of anilines is 1. The van der Waals surface area contributed by atoms with Gasteiger partial charge in [-0.2, -0.15) is 0 Å². The Morgan fingerprint density at radius 2 is 2.03 bits per heavy atom. The van der Waals surface area contributed by atoms with Gasteiger partial charge in [0.25, 0.3) is 5.91 Å². The van der Waals surface area contributed by atoms with Crippen LogP contribution in [0.5, 0.6) is 11.5 Å². The van der Waals surface area contributed by atoms with Crippen LogP contribution in [0, 0.1) is 0 Å². The molecule has 0 aromatic heterocycles. The summed E-state index contributed by atoms with van der Waals surface area (Å²) >= 11 is 0. The van der Waals surface area contributed by atoms with Crippen LogP contribution in [0.3, 0.4) is 0 Å². The topological polar surface area (TPSA) is 79.9 Å². The Kier molecular flexibility index (Phi) is 6.97. The number of ether oxygens (including phenoxy) is 2. The second kappa shape index (κ2) is 9.84. The zero-order valence-corrected chi connectivity index (χ0v) is 18.0. The van der Waals surface area contributed by atoms with Gasteiger partial charge in [0.05, 0.1) is 24.4 Å². The molecular formula is C24H27N3O4. The van der Waals surface area contributed by atoms with E-state index in [1.54, 1.807) is 37.1 Å². The van der Waals surface area contributed by atoms with Gasteiger partial charge < -0.3 is 20.1 Å². The van der Waals surface area contributed by atoms with Crippen molar-refractivity contribution in [1.82, 2.24) is 10.2 Å². The molecule has 7 nitrogen and oxygen atoms in total. The number of rotatable bonds is 8. The van der Waals surface area contributed by atoms with Gasteiger partial charge in [-0.15, -0.1) is 0 Å². The van der Waals surface area contributed by atoms with E-state index in [0.717, 1.165) is 5.56 Å². The minimum Gasteiger partial charge on any atom is -0.495 e. The van der Waals surface area contributed by atoms with Crippen molar-refractivity contribution in [2.24, 2.45) is 0 Å². The van der Waals surface area contributed by atoms with E-state index >= 15 is 0 Å². The smallest absolute Gasteiger partial charge is 0.322 e. The van der Waals surface area contributed by atoms with Crippen LogP contribution in [0.25, 0.3) is 0 Å². The van der Waals surface area contributed by atoms with Gasteiger partial charge in [0.15, 0.2) is 0 Å². The Balaban J connectivity index is 2.01. The molecule has 1 atom stereocenters. The number of carbonyl (C=O) groups excluding carboxylic acids is 2. The van der Waals surface area contributed by atoms with Gasteiger partial charge >= 0.3 is 6.03 Å². The third-order valence-electron chi connectivity index (χ3n) is 5.07. The number of methoxy groups -OCH3 is 1. The Labute approximate surface area is 182 Å². The number of allylic oxidation sites excluding steroid dienone is 1. The van der Waals surface area contributed by atoms with E-state index in [4.69, 9.17) is 9.47 Å². The summed E-state index contributed by atoms with van der Waals surface area (Å²) < 4.78 is 11.0. The van der Waals surface area contributed by atoms with Crippen molar-refractivity contribution < 1.29 is 19.1 Å². The molecule has 0 saturated heterocycles. The summed E-state index contributed by atoms with van der Waals surface area (Å²) in [6.07, 6.45) is 1.66. The van der Waals surface area contributed by atoms with Crippen molar-refractivity contribution in [3.05, 3.63) is 78.0 Å². The second-order valence-corrected chi connectivity index (χ2v) is 6.95. The second-order valence-electron chi connectivity index (χ2n) is 6.95. The molecule has 1 heterocycles. The van der Waals surface area contributed by atoms with E-state index in [1.807, 2.05) is 43.3 Å². The monoisotopic (exact) mass is 421 g/mol. The van der Waals surface area contributed by atoms with Crippen LogP contribution >= 0.6 is 0 Å². The highest BCUT2D eigenvalue weighted by molar-refractivity contribution is 6.07. The summed E-state index contributed by atoms with van der Waals surface area (Å²) in [6.45, 7) is 8.11. The van der Waals surface area contributed by atoms with Crippen LogP contribution in [0.2, 0.25) is 0 Å². The molecule has 0 fully saturated rings. The minimum atomic E-state index is -0.628. The highest BCUT2D eigenvalue weighted by Gasteiger charge is 2.35. The number of benzene rings is 2. The number of hydrogen-bond donors (Lipinski definition) is 2. The molecule has 3 rings (SSSR count). The fourth-order valence-corrected chi connectivity index (χ4v) is 3.58. The van der Waals surface area contributed by atoms with E-state index in [0.29, 0.717) is 41.6 Å². The predicted molar refractivity (Wildman–Crippen MR) is 120 cm³/mol. The molecule has 0 radical (unpaired) electrons. The maximum Gasteiger partial charge on any atom is 0.322 e. The molecule has 0 unspecified atom stereocenters. The zero-order valence-electron chi connectivity index (χ0n) is 18.0. The molecule has 0 saturated carbocycles. The van der Waals surface area contributed by atoms with Gasteiger partial charge in [-0.1, -0.05) is 36.9 Å². The summed E-state index contributed by atoms with van der Waals surface area (Å²) in [5.41, 5.74) is 2.35. The van der Waals surface area contributed by atoms with Crippen LogP contribution in [-0.2, 0) is 4.79 Å². The molecule has 0 spiro atoms. The molecule has 1 aliphatic rings. The first-order chi connectivity index (χ1) is 15.0. The molecule has 1 aliphatic heterocycles. The summed E-state index contributed by atoms with van der Waals surface area (Å²) in [4.78, 5) is 27.6. The average Bonchev–Trinajstić information content (AvgIpc) is 2.78. The molecule has 2 N–H and O–H groups in total. The van der Waals surface area contributed by atoms with E-state index in [2.05, 4.69) is 17.2 Å². The Morgan fingerprint density at radius 3 is 2.74 bits per heavy atom. The van der Waals surface area contributed by atoms with Crippen LogP contribution in [0.15, 0.2) is 72.5 Å². The lowest BCUT2D eigenvalue weighted by atomic mass is 9.94. The third kappa shape index (κ3) is 4.71. The Hall–Kier alpha value is -3.74.